The summed E-state index contributed by atoms with van der Waals surface area (Å²) in [6, 6.07) is 8.36. The highest BCUT2D eigenvalue weighted by Crippen LogP contribution is 2.36. The minimum absolute atomic E-state index is 0. The molecule has 2 aromatic carbocycles. The first-order chi connectivity index (χ1) is 12.6. The van der Waals surface area contributed by atoms with Crippen LogP contribution in [0.5, 0.6) is 0 Å². The number of isocyanates is 2. The fraction of sp³-hybridized carbons (Fsp3) is 0.391. The molecule has 27 heavy (non-hydrogen) atoms. The number of carbonyl (C=O) groups excluding carboxylic acids is 2. The van der Waals surface area contributed by atoms with Crippen LogP contribution in [0.3, 0.4) is 0 Å². The summed E-state index contributed by atoms with van der Waals surface area (Å²) in [6.07, 6.45) is 6.50. The van der Waals surface area contributed by atoms with Crippen LogP contribution in [0.4, 0.5) is 11.4 Å². The Kier molecular flexibility index (Phi) is 8.55. The van der Waals surface area contributed by atoms with Crippen LogP contribution in [0, 0.1) is 0 Å². The predicted molar refractivity (Wildman–Crippen MR) is 112 cm³/mol. The lowest BCUT2D eigenvalue weighted by Crippen LogP contribution is -1.95. The molecule has 4 nitrogen and oxygen atoms in total. The summed E-state index contributed by atoms with van der Waals surface area (Å²) in [4.78, 5) is 29.4. The Labute approximate surface area is 162 Å². The van der Waals surface area contributed by atoms with Gasteiger partial charge in [0.05, 0.1) is 11.4 Å². The molecule has 0 aromatic heterocycles. The Bertz CT molecular complexity index is 777. The maximum atomic E-state index is 10.8. The molecule has 0 spiro atoms. The van der Waals surface area contributed by atoms with Crippen LogP contribution in [0.25, 0.3) is 11.1 Å². The van der Waals surface area contributed by atoms with Gasteiger partial charge in [-0.2, -0.15) is 9.98 Å². The van der Waals surface area contributed by atoms with Crippen molar-refractivity contribution in [1.82, 2.24) is 0 Å². The van der Waals surface area contributed by atoms with E-state index in [4.69, 9.17) is 0 Å². The van der Waals surface area contributed by atoms with Gasteiger partial charge in [-0.05, 0) is 83.3 Å². The average molecular weight is 364 g/mol. The highest BCUT2D eigenvalue weighted by molar-refractivity contribution is 5.75. The van der Waals surface area contributed by atoms with Gasteiger partial charge in [0.25, 0.3) is 0 Å². The third kappa shape index (κ3) is 4.68. The Morgan fingerprint density at radius 1 is 0.630 bits per heavy atom. The van der Waals surface area contributed by atoms with Crippen molar-refractivity contribution in [2.75, 3.05) is 0 Å². The minimum Gasteiger partial charge on any atom is -0.211 e. The lowest BCUT2D eigenvalue weighted by atomic mass is 9.91. The number of aryl methyl sites for hydroxylation is 4. The summed E-state index contributed by atoms with van der Waals surface area (Å²) < 4.78 is 0. The second-order valence-electron chi connectivity index (χ2n) is 6.11. The van der Waals surface area contributed by atoms with Crippen molar-refractivity contribution in [2.45, 2.75) is 60.8 Å². The molecule has 4 heteroatoms. The first-order valence-corrected chi connectivity index (χ1v) is 9.10. The van der Waals surface area contributed by atoms with Crippen molar-refractivity contribution in [2.24, 2.45) is 9.98 Å². The highest BCUT2D eigenvalue weighted by atomic mass is 16.1. The second-order valence-corrected chi connectivity index (χ2v) is 6.11. The van der Waals surface area contributed by atoms with Gasteiger partial charge < -0.3 is 0 Å². The minimum atomic E-state index is 0. The predicted octanol–water partition coefficient (Wildman–Crippen LogP) is 6.17. The van der Waals surface area contributed by atoms with Gasteiger partial charge in [0.2, 0.25) is 12.2 Å². The van der Waals surface area contributed by atoms with E-state index in [0.717, 1.165) is 70.4 Å². The first-order valence-electron chi connectivity index (χ1n) is 9.10. The van der Waals surface area contributed by atoms with Crippen molar-refractivity contribution in [3.05, 3.63) is 46.5 Å². The Morgan fingerprint density at radius 3 is 1.07 bits per heavy atom. The lowest BCUT2D eigenvalue weighted by Gasteiger charge is -2.15. The third-order valence-electron chi connectivity index (χ3n) is 4.71. The summed E-state index contributed by atoms with van der Waals surface area (Å²) in [5, 5.41) is 0. The molecule has 0 radical (unpaired) electrons. The normalized spacial score (nSPS) is 9.78. The maximum Gasteiger partial charge on any atom is 0.240 e. The van der Waals surface area contributed by atoms with E-state index in [1.54, 1.807) is 12.2 Å². The van der Waals surface area contributed by atoms with Crippen LogP contribution in [-0.4, -0.2) is 12.2 Å². The van der Waals surface area contributed by atoms with Gasteiger partial charge in [0, 0.05) is 0 Å². The molecule has 0 atom stereocenters. The molecule has 2 aromatic rings. The highest BCUT2D eigenvalue weighted by Gasteiger charge is 2.13. The third-order valence-corrected chi connectivity index (χ3v) is 4.71. The van der Waals surface area contributed by atoms with Gasteiger partial charge in [0.1, 0.15) is 0 Å². The molecular formula is C23H28N2O2. The zero-order chi connectivity index (χ0) is 19.1. The van der Waals surface area contributed by atoms with Crippen LogP contribution < -0.4 is 0 Å². The molecule has 0 unspecified atom stereocenters. The van der Waals surface area contributed by atoms with Crippen molar-refractivity contribution in [3.63, 3.8) is 0 Å². The topological polar surface area (TPSA) is 58.9 Å². The molecule has 0 fully saturated rings. The number of hydrogen-bond acceptors (Lipinski definition) is 4. The van der Waals surface area contributed by atoms with E-state index in [1.807, 2.05) is 0 Å². The molecule has 2 rings (SSSR count). The molecule has 142 valence electrons. The van der Waals surface area contributed by atoms with Crippen LogP contribution in [0.2, 0.25) is 0 Å². The molecule has 0 aliphatic heterocycles. The monoisotopic (exact) mass is 364 g/mol. The van der Waals surface area contributed by atoms with E-state index >= 15 is 0 Å². The largest absolute Gasteiger partial charge is 0.240 e. The summed E-state index contributed by atoms with van der Waals surface area (Å²) in [6.45, 7) is 8.22. The van der Waals surface area contributed by atoms with E-state index in [1.165, 1.54) is 0 Å². The zero-order valence-electron chi connectivity index (χ0n) is 15.8. The van der Waals surface area contributed by atoms with Gasteiger partial charge in [-0.25, -0.2) is 9.59 Å². The molecule has 0 aliphatic rings. The fourth-order valence-corrected chi connectivity index (χ4v) is 3.31. The standard InChI is InChI=1S/C22H24N2O2.CH4/c1-5-15-9-19(10-16(6-2)21(15)23-13-25)20-11-17(7-3)22(24-14-26)18(8-4)12-20;/h9-12H,5-8H2,1-4H3;1H4. The van der Waals surface area contributed by atoms with E-state index in [0.29, 0.717) is 0 Å². The smallest absolute Gasteiger partial charge is 0.211 e. The Balaban J connectivity index is 0.00000364. The second kappa shape index (κ2) is 10.4. The molecule has 0 bridgehead atoms. The first kappa shape index (κ1) is 22.2. The number of hydrogen-bond donors (Lipinski definition) is 0. The molecular weight excluding hydrogens is 336 g/mol. The van der Waals surface area contributed by atoms with E-state index in [2.05, 4.69) is 61.9 Å². The quantitative estimate of drug-likeness (QED) is 0.435. The van der Waals surface area contributed by atoms with Gasteiger partial charge in [-0.1, -0.05) is 35.1 Å². The van der Waals surface area contributed by atoms with Crippen molar-refractivity contribution in [3.8, 4) is 11.1 Å². The number of rotatable bonds is 7. The number of aliphatic imine (C=N–C) groups is 2. The maximum absolute atomic E-state index is 10.8. The van der Waals surface area contributed by atoms with E-state index in [-0.39, 0.29) is 7.43 Å². The summed E-state index contributed by atoms with van der Waals surface area (Å²) in [7, 11) is 0. The van der Waals surface area contributed by atoms with Crippen LogP contribution in [-0.2, 0) is 35.3 Å². The van der Waals surface area contributed by atoms with Crippen LogP contribution >= 0.6 is 0 Å². The van der Waals surface area contributed by atoms with Crippen LogP contribution in [0.1, 0.15) is 57.4 Å². The molecule has 0 heterocycles. The van der Waals surface area contributed by atoms with Gasteiger partial charge in [-0.15, -0.1) is 0 Å². The van der Waals surface area contributed by atoms with Gasteiger partial charge >= 0.3 is 0 Å². The van der Waals surface area contributed by atoms with E-state index < -0.39 is 0 Å². The molecule has 0 amide bonds. The SMILES string of the molecule is C.CCc1cc(-c2cc(CC)c(N=C=O)c(CC)c2)cc(CC)c1N=C=O. The Morgan fingerprint density at radius 2 is 0.889 bits per heavy atom. The molecule has 0 saturated carbocycles. The molecule has 0 N–H and O–H groups in total. The summed E-state index contributed by atoms with van der Waals surface area (Å²) >= 11 is 0. The number of nitrogens with zero attached hydrogens (tertiary/aromatic N) is 2. The van der Waals surface area contributed by atoms with Crippen molar-refractivity contribution < 1.29 is 9.59 Å². The fourth-order valence-electron chi connectivity index (χ4n) is 3.31. The lowest BCUT2D eigenvalue weighted by molar-refractivity contribution is 0.564. The van der Waals surface area contributed by atoms with Crippen LogP contribution in [0.15, 0.2) is 34.3 Å². The zero-order valence-corrected chi connectivity index (χ0v) is 15.8. The molecule has 0 saturated heterocycles. The average Bonchev–Trinajstić information content (AvgIpc) is 2.68. The summed E-state index contributed by atoms with van der Waals surface area (Å²) in [5.74, 6) is 0. The van der Waals surface area contributed by atoms with Crippen molar-refractivity contribution in [1.29, 1.82) is 0 Å². The van der Waals surface area contributed by atoms with Gasteiger partial charge in [0.15, 0.2) is 0 Å². The summed E-state index contributed by atoms with van der Waals surface area (Å²) in [5.41, 5.74) is 7.80. The molecule has 0 aliphatic carbocycles. The van der Waals surface area contributed by atoms with Crippen molar-refractivity contribution >= 4 is 23.5 Å². The Hall–Kier alpha value is -2.80. The van der Waals surface area contributed by atoms with Gasteiger partial charge in [-0.3, -0.25) is 0 Å². The van der Waals surface area contributed by atoms with E-state index in [9.17, 15) is 9.59 Å². The number of benzene rings is 2.